The summed E-state index contributed by atoms with van der Waals surface area (Å²) in [6.07, 6.45) is 3.15. The summed E-state index contributed by atoms with van der Waals surface area (Å²) in [5.74, 6) is 0.211. The molecular weight excluding hydrogens is 456 g/mol. The molecule has 0 radical (unpaired) electrons. The van der Waals surface area contributed by atoms with Crippen LogP contribution in [0.1, 0.15) is 101 Å². The van der Waals surface area contributed by atoms with Crippen molar-refractivity contribution >= 4 is 11.7 Å². The zero-order valence-corrected chi connectivity index (χ0v) is 25.9. The SMILES string of the molecule is CCC(=O)CC(C)(COCC(C)(C)CN(C)C(=O)CC(C)(C)OCCC(C)(C)N(C)C(C)CC)OC. The predicted octanol–water partition coefficient (Wildman–Crippen LogP) is 5.35. The van der Waals surface area contributed by atoms with Crippen LogP contribution in [0.2, 0.25) is 0 Å². The largest absolute Gasteiger partial charge is 0.378 e. The standard InChI is InChI=1S/C29H58N2O5/c1-14-23(3)31(12)27(6,7)16-17-36-28(8,9)19-25(33)30(11)20-26(4,5)21-35-22-29(10,34-13)18-24(32)15-2/h23H,14-22H2,1-13H3. The molecule has 0 heterocycles. The molecule has 0 bridgehead atoms. The third kappa shape index (κ3) is 13.0. The van der Waals surface area contributed by atoms with Gasteiger partial charge in [-0.2, -0.15) is 0 Å². The topological polar surface area (TPSA) is 68.3 Å². The summed E-state index contributed by atoms with van der Waals surface area (Å²) in [6.45, 7) is 22.8. The molecule has 0 spiro atoms. The van der Waals surface area contributed by atoms with E-state index in [0.717, 1.165) is 12.8 Å². The Balaban J connectivity index is 4.73. The molecule has 0 saturated carbocycles. The number of ketones is 1. The van der Waals surface area contributed by atoms with Gasteiger partial charge in [0.2, 0.25) is 5.91 Å². The van der Waals surface area contributed by atoms with Crippen LogP contribution in [0.3, 0.4) is 0 Å². The van der Waals surface area contributed by atoms with Crippen molar-refractivity contribution in [2.24, 2.45) is 5.41 Å². The molecule has 0 saturated heterocycles. The Kier molecular flexibility index (Phi) is 14.4. The van der Waals surface area contributed by atoms with Crippen LogP contribution >= 0.6 is 0 Å². The van der Waals surface area contributed by atoms with E-state index in [1.807, 2.05) is 34.7 Å². The molecule has 36 heavy (non-hydrogen) atoms. The molecule has 0 aliphatic carbocycles. The Labute approximate surface area is 222 Å². The molecule has 0 aromatic heterocycles. The maximum Gasteiger partial charge on any atom is 0.225 e. The fourth-order valence-electron chi connectivity index (χ4n) is 4.22. The number of rotatable bonds is 19. The van der Waals surface area contributed by atoms with Crippen molar-refractivity contribution in [2.45, 2.75) is 124 Å². The van der Waals surface area contributed by atoms with E-state index < -0.39 is 11.2 Å². The lowest BCUT2D eigenvalue weighted by atomic mass is 9.93. The van der Waals surface area contributed by atoms with E-state index in [1.165, 1.54) is 0 Å². The van der Waals surface area contributed by atoms with Crippen LogP contribution in [0, 0.1) is 5.41 Å². The minimum atomic E-state index is -0.635. The van der Waals surface area contributed by atoms with Crippen LogP contribution < -0.4 is 0 Å². The Bertz CT molecular complexity index is 677. The van der Waals surface area contributed by atoms with E-state index in [2.05, 4.69) is 53.5 Å². The van der Waals surface area contributed by atoms with Gasteiger partial charge in [-0.3, -0.25) is 14.5 Å². The first-order valence-corrected chi connectivity index (χ1v) is 13.6. The van der Waals surface area contributed by atoms with E-state index in [4.69, 9.17) is 14.2 Å². The predicted molar refractivity (Wildman–Crippen MR) is 148 cm³/mol. The van der Waals surface area contributed by atoms with Crippen molar-refractivity contribution in [3.8, 4) is 0 Å². The average molecular weight is 515 g/mol. The number of carbonyl (C=O) groups excluding carboxylic acids is 2. The molecule has 1 amide bonds. The quantitative estimate of drug-likeness (QED) is 0.232. The summed E-state index contributed by atoms with van der Waals surface area (Å²) >= 11 is 0. The number of Topliss-reactive ketones (excluding diaryl/α,β-unsaturated/α-hetero) is 1. The molecule has 0 aromatic carbocycles. The van der Waals surface area contributed by atoms with Crippen molar-refractivity contribution in [3.05, 3.63) is 0 Å². The number of methoxy groups -OCH3 is 1. The molecular formula is C29H58N2O5. The number of amides is 1. The van der Waals surface area contributed by atoms with Crippen LogP contribution in [0.25, 0.3) is 0 Å². The van der Waals surface area contributed by atoms with Gasteiger partial charge in [-0.25, -0.2) is 0 Å². The second kappa shape index (κ2) is 14.8. The lowest BCUT2D eigenvalue weighted by molar-refractivity contribution is -0.140. The maximum absolute atomic E-state index is 13.0. The van der Waals surface area contributed by atoms with Gasteiger partial charge in [-0.15, -0.1) is 0 Å². The highest BCUT2D eigenvalue weighted by Crippen LogP contribution is 2.25. The number of carbonyl (C=O) groups is 2. The van der Waals surface area contributed by atoms with Gasteiger partial charge in [0, 0.05) is 57.1 Å². The van der Waals surface area contributed by atoms with Gasteiger partial charge in [0.15, 0.2) is 0 Å². The first-order valence-electron chi connectivity index (χ1n) is 13.6. The lowest BCUT2D eigenvalue weighted by Crippen LogP contribution is -2.47. The van der Waals surface area contributed by atoms with Crippen molar-refractivity contribution in [1.29, 1.82) is 0 Å². The van der Waals surface area contributed by atoms with Crippen LogP contribution in [0.4, 0.5) is 0 Å². The fourth-order valence-corrected chi connectivity index (χ4v) is 4.22. The van der Waals surface area contributed by atoms with E-state index in [9.17, 15) is 9.59 Å². The Morgan fingerprint density at radius 3 is 2.00 bits per heavy atom. The lowest BCUT2D eigenvalue weighted by Gasteiger charge is -2.40. The van der Waals surface area contributed by atoms with Gasteiger partial charge in [-0.05, 0) is 61.4 Å². The van der Waals surface area contributed by atoms with Crippen molar-refractivity contribution in [3.63, 3.8) is 0 Å². The first kappa shape index (κ1) is 35.0. The number of hydrogen-bond acceptors (Lipinski definition) is 6. The maximum atomic E-state index is 13.0. The summed E-state index contributed by atoms with van der Waals surface area (Å²) in [4.78, 5) is 29.1. The van der Waals surface area contributed by atoms with Crippen molar-refractivity contribution in [1.82, 2.24) is 9.80 Å². The monoisotopic (exact) mass is 514 g/mol. The van der Waals surface area contributed by atoms with E-state index in [1.54, 1.807) is 12.0 Å². The molecule has 214 valence electrons. The summed E-state index contributed by atoms with van der Waals surface area (Å²) in [5, 5.41) is 0. The Morgan fingerprint density at radius 1 is 0.917 bits per heavy atom. The van der Waals surface area contributed by atoms with Gasteiger partial charge >= 0.3 is 0 Å². The molecule has 0 rings (SSSR count). The molecule has 0 aliphatic heterocycles. The van der Waals surface area contributed by atoms with Gasteiger partial charge in [-0.1, -0.05) is 27.7 Å². The summed E-state index contributed by atoms with van der Waals surface area (Å²) in [5.41, 5.74) is -1.39. The molecule has 0 aromatic rings. The number of hydrogen-bond donors (Lipinski definition) is 0. The average Bonchev–Trinajstić information content (AvgIpc) is 2.76. The smallest absolute Gasteiger partial charge is 0.225 e. The third-order valence-corrected chi connectivity index (χ3v) is 7.44. The van der Waals surface area contributed by atoms with Crippen molar-refractivity contribution in [2.75, 3.05) is 47.6 Å². The summed E-state index contributed by atoms with van der Waals surface area (Å²) in [6, 6.07) is 0.512. The number of nitrogens with zero attached hydrogens (tertiary/aromatic N) is 2. The van der Waals surface area contributed by atoms with Gasteiger partial charge in [0.25, 0.3) is 0 Å². The Hall–Kier alpha value is -1.02. The first-order chi connectivity index (χ1) is 16.3. The highest BCUT2D eigenvalue weighted by molar-refractivity contribution is 5.79. The normalized spacial score (nSPS) is 15.6. The van der Waals surface area contributed by atoms with E-state index in [0.29, 0.717) is 51.7 Å². The Morgan fingerprint density at radius 2 is 1.50 bits per heavy atom. The zero-order valence-electron chi connectivity index (χ0n) is 25.9. The van der Waals surface area contributed by atoms with E-state index in [-0.39, 0.29) is 22.6 Å². The van der Waals surface area contributed by atoms with Crippen LogP contribution in [-0.4, -0.2) is 91.8 Å². The summed E-state index contributed by atoms with van der Waals surface area (Å²) in [7, 11) is 5.62. The van der Waals surface area contributed by atoms with Gasteiger partial charge < -0.3 is 19.1 Å². The second-order valence-electron chi connectivity index (χ2n) is 12.8. The van der Waals surface area contributed by atoms with Crippen molar-refractivity contribution < 1.29 is 23.8 Å². The molecule has 7 heteroatoms. The zero-order chi connectivity index (χ0) is 28.4. The second-order valence-corrected chi connectivity index (χ2v) is 12.8. The highest BCUT2D eigenvalue weighted by atomic mass is 16.5. The fraction of sp³-hybridized carbons (Fsp3) is 0.931. The molecule has 0 N–H and O–H groups in total. The molecule has 2 atom stereocenters. The molecule has 2 unspecified atom stereocenters. The molecule has 7 nitrogen and oxygen atoms in total. The van der Waals surface area contributed by atoms with Crippen LogP contribution in [-0.2, 0) is 23.8 Å². The minimum Gasteiger partial charge on any atom is -0.378 e. The van der Waals surface area contributed by atoms with Crippen LogP contribution in [0.5, 0.6) is 0 Å². The summed E-state index contributed by atoms with van der Waals surface area (Å²) < 4.78 is 17.7. The number of ether oxygens (including phenoxy) is 3. The van der Waals surface area contributed by atoms with Gasteiger partial charge in [0.1, 0.15) is 5.78 Å². The molecule has 0 fully saturated rings. The van der Waals surface area contributed by atoms with Crippen LogP contribution in [0.15, 0.2) is 0 Å². The van der Waals surface area contributed by atoms with Gasteiger partial charge in [0.05, 0.1) is 30.8 Å². The van der Waals surface area contributed by atoms with E-state index >= 15 is 0 Å². The minimum absolute atomic E-state index is 0.0268. The highest BCUT2D eigenvalue weighted by Gasteiger charge is 2.32. The molecule has 0 aliphatic rings. The third-order valence-electron chi connectivity index (χ3n) is 7.44.